The zero-order valence-corrected chi connectivity index (χ0v) is 10.4. The molecule has 0 saturated heterocycles. The molecule has 0 aromatic rings. The molecule has 2 nitrogen and oxygen atoms in total. The zero-order valence-electron chi connectivity index (χ0n) is 10.4. The molecular weight excluding hydrogens is 186 g/mol. The first kappa shape index (κ1) is 14.2. The second-order valence-corrected chi connectivity index (χ2v) is 4.39. The lowest BCUT2D eigenvalue weighted by molar-refractivity contribution is -0.116. The van der Waals surface area contributed by atoms with Gasteiger partial charge in [-0.1, -0.05) is 45.6 Å². The third-order valence-electron chi connectivity index (χ3n) is 2.33. The van der Waals surface area contributed by atoms with Gasteiger partial charge in [0, 0.05) is 6.54 Å². The van der Waals surface area contributed by atoms with Crippen LogP contribution in [0.3, 0.4) is 0 Å². The minimum absolute atomic E-state index is 0.0275. The molecule has 0 fully saturated rings. The van der Waals surface area contributed by atoms with Gasteiger partial charge >= 0.3 is 0 Å². The molecule has 0 bridgehead atoms. The Labute approximate surface area is 94.1 Å². The van der Waals surface area contributed by atoms with Crippen molar-refractivity contribution in [2.24, 2.45) is 5.92 Å². The van der Waals surface area contributed by atoms with Crippen LogP contribution in [0.4, 0.5) is 0 Å². The van der Waals surface area contributed by atoms with E-state index in [0.29, 0.717) is 0 Å². The number of nitrogens with one attached hydrogen (secondary N) is 1. The Kier molecular flexibility index (Phi) is 9.24. The number of allylic oxidation sites excluding steroid dienone is 1. The lowest BCUT2D eigenvalue weighted by Gasteiger charge is -2.04. The first-order valence-corrected chi connectivity index (χ1v) is 6.07. The Morgan fingerprint density at radius 1 is 1.20 bits per heavy atom. The monoisotopic (exact) mass is 211 g/mol. The highest BCUT2D eigenvalue weighted by atomic mass is 16.1. The number of carbonyl (C=O) groups is 1. The quantitative estimate of drug-likeness (QED) is 0.484. The van der Waals surface area contributed by atoms with E-state index in [0.717, 1.165) is 18.9 Å². The minimum atomic E-state index is 0.0275. The van der Waals surface area contributed by atoms with E-state index in [1.807, 2.05) is 6.92 Å². The van der Waals surface area contributed by atoms with Crippen molar-refractivity contribution in [3.8, 4) is 0 Å². The molecular formula is C13H25NO. The largest absolute Gasteiger partial charge is 0.353 e. The first-order chi connectivity index (χ1) is 7.16. The summed E-state index contributed by atoms with van der Waals surface area (Å²) < 4.78 is 0. The van der Waals surface area contributed by atoms with E-state index >= 15 is 0 Å². The highest BCUT2D eigenvalue weighted by Gasteiger charge is 1.95. The summed E-state index contributed by atoms with van der Waals surface area (Å²) in [5, 5.41) is 2.86. The summed E-state index contributed by atoms with van der Waals surface area (Å²) in [4.78, 5) is 11.0. The maximum atomic E-state index is 11.0. The van der Waals surface area contributed by atoms with Crippen molar-refractivity contribution in [1.82, 2.24) is 5.32 Å². The molecule has 0 atom stereocenters. The Morgan fingerprint density at radius 3 is 2.47 bits per heavy atom. The van der Waals surface area contributed by atoms with Crippen LogP contribution < -0.4 is 5.32 Å². The van der Waals surface area contributed by atoms with Gasteiger partial charge in [0.2, 0.25) is 5.91 Å². The van der Waals surface area contributed by atoms with E-state index in [2.05, 4.69) is 19.2 Å². The average Bonchev–Trinajstić information content (AvgIpc) is 2.16. The van der Waals surface area contributed by atoms with Crippen LogP contribution in [-0.4, -0.2) is 12.5 Å². The predicted molar refractivity (Wildman–Crippen MR) is 65.7 cm³/mol. The number of amides is 1. The number of rotatable bonds is 8. The molecule has 0 aliphatic carbocycles. The van der Waals surface area contributed by atoms with Crippen LogP contribution in [-0.2, 0) is 4.79 Å². The summed E-state index contributed by atoms with van der Waals surface area (Å²) in [6, 6.07) is 0. The maximum Gasteiger partial charge on any atom is 0.243 e. The number of hydrogen-bond acceptors (Lipinski definition) is 1. The van der Waals surface area contributed by atoms with Crippen LogP contribution in [0, 0.1) is 5.92 Å². The van der Waals surface area contributed by atoms with Gasteiger partial charge in [-0.25, -0.2) is 0 Å². The van der Waals surface area contributed by atoms with Crippen molar-refractivity contribution >= 4 is 5.91 Å². The van der Waals surface area contributed by atoms with E-state index in [1.165, 1.54) is 25.7 Å². The Bertz CT molecular complexity index is 185. The van der Waals surface area contributed by atoms with Crippen LogP contribution >= 0.6 is 0 Å². The van der Waals surface area contributed by atoms with Gasteiger partial charge in [0.05, 0.1) is 0 Å². The van der Waals surface area contributed by atoms with Crippen molar-refractivity contribution in [3.63, 3.8) is 0 Å². The predicted octanol–water partition coefficient (Wildman–Crippen LogP) is 3.29. The first-order valence-electron chi connectivity index (χ1n) is 6.07. The van der Waals surface area contributed by atoms with Gasteiger partial charge in [0.15, 0.2) is 0 Å². The van der Waals surface area contributed by atoms with E-state index in [-0.39, 0.29) is 5.91 Å². The van der Waals surface area contributed by atoms with Crippen molar-refractivity contribution in [3.05, 3.63) is 12.2 Å². The summed E-state index contributed by atoms with van der Waals surface area (Å²) in [6.07, 6.45) is 9.59. The third kappa shape index (κ3) is 11.1. The fourth-order valence-electron chi connectivity index (χ4n) is 1.45. The lowest BCUT2D eigenvalue weighted by atomic mass is 10.0. The van der Waals surface area contributed by atoms with Crippen molar-refractivity contribution in [2.45, 2.75) is 52.9 Å². The molecule has 88 valence electrons. The van der Waals surface area contributed by atoms with Gasteiger partial charge < -0.3 is 5.32 Å². The van der Waals surface area contributed by atoms with Crippen LogP contribution in [0.2, 0.25) is 0 Å². The van der Waals surface area contributed by atoms with Gasteiger partial charge in [-0.05, 0) is 25.3 Å². The fraction of sp³-hybridized carbons (Fsp3) is 0.769. The van der Waals surface area contributed by atoms with Crippen LogP contribution in [0.25, 0.3) is 0 Å². The summed E-state index contributed by atoms with van der Waals surface area (Å²) >= 11 is 0. The smallest absolute Gasteiger partial charge is 0.243 e. The molecule has 0 aromatic carbocycles. The Morgan fingerprint density at radius 2 is 1.87 bits per heavy atom. The highest BCUT2D eigenvalue weighted by Crippen LogP contribution is 2.08. The molecule has 0 heterocycles. The van der Waals surface area contributed by atoms with Crippen LogP contribution in [0.15, 0.2) is 12.2 Å². The molecule has 0 saturated carbocycles. The van der Waals surface area contributed by atoms with Crippen molar-refractivity contribution in [1.29, 1.82) is 0 Å². The van der Waals surface area contributed by atoms with Crippen LogP contribution in [0.1, 0.15) is 52.9 Å². The van der Waals surface area contributed by atoms with Gasteiger partial charge in [0.25, 0.3) is 0 Å². The van der Waals surface area contributed by atoms with E-state index < -0.39 is 0 Å². The summed E-state index contributed by atoms with van der Waals surface area (Å²) in [7, 11) is 0. The summed E-state index contributed by atoms with van der Waals surface area (Å²) in [6.45, 7) is 7.19. The van der Waals surface area contributed by atoms with Gasteiger partial charge in [-0.2, -0.15) is 0 Å². The summed E-state index contributed by atoms with van der Waals surface area (Å²) in [5.74, 6) is 0.846. The van der Waals surface area contributed by atoms with E-state index in [1.54, 1.807) is 12.2 Å². The normalized spacial score (nSPS) is 11.2. The molecule has 0 radical (unpaired) electrons. The molecule has 15 heavy (non-hydrogen) atoms. The lowest BCUT2D eigenvalue weighted by Crippen LogP contribution is -2.21. The molecule has 0 spiro atoms. The molecule has 0 aliphatic heterocycles. The molecule has 1 N–H and O–H groups in total. The third-order valence-corrected chi connectivity index (χ3v) is 2.33. The maximum absolute atomic E-state index is 11.0. The van der Waals surface area contributed by atoms with E-state index in [9.17, 15) is 4.79 Å². The molecule has 0 rings (SSSR count). The molecule has 0 aliphatic rings. The Balaban J connectivity index is 3.15. The molecule has 0 aromatic heterocycles. The molecule has 0 unspecified atom stereocenters. The summed E-state index contributed by atoms with van der Waals surface area (Å²) in [5.41, 5.74) is 0. The second-order valence-electron chi connectivity index (χ2n) is 4.39. The van der Waals surface area contributed by atoms with Gasteiger partial charge in [-0.3, -0.25) is 4.79 Å². The Hall–Kier alpha value is -0.790. The number of unbranched alkanes of at least 4 members (excludes halogenated alkanes) is 3. The highest BCUT2D eigenvalue weighted by molar-refractivity contribution is 5.87. The van der Waals surface area contributed by atoms with Crippen molar-refractivity contribution < 1.29 is 4.79 Å². The second kappa shape index (κ2) is 9.75. The minimum Gasteiger partial charge on any atom is -0.353 e. The number of hydrogen-bond donors (Lipinski definition) is 1. The van der Waals surface area contributed by atoms with Gasteiger partial charge in [-0.15, -0.1) is 0 Å². The topological polar surface area (TPSA) is 29.1 Å². The van der Waals surface area contributed by atoms with Crippen molar-refractivity contribution in [2.75, 3.05) is 6.54 Å². The molecule has 2 heteroatoms. The number of carbonyl (C=O) groups excluding carboxylic acids is 1. The standard InChI is InChI=1S/C13H25NO/c1-4-9-13(15)14-11-8-6-5-7-10-12(2)3/h4,9,12H,5-8,10-11H2,1-3H3,(H,14,15). The SMILES string of the molecule is CC=CC(=O)NCCCCCCC(C)C. The fourth-order valence-corrected chi connectivity index (χ4v) is 1.45. The zero-order chi connectivity index (χ0) is 11.5. The molecule has 1 amide bonds. The van der Waals surface area contributed by atoms with E-state index in [4.69, 9.17) is 0 Å². The van der Waals surface area contributed by atoms with Gasteiger partial charge in [0.1, 0.15) is 0 Å². The average molecular weight is 211 g/mol. The van der Waals surface area contributed by atoms with Crippen LogP contribution in [0.5, 0.6) is 0 Å².